The molecule has 0 saturated carbocycles. The third kappa shape index (κ3) is 3.51. The summed E-state index contributed by atoms with van der Waals surface area (Å²) in [4.78, 5) is 8.32. The highest BCUT2D eigenvalue weighted by Crippen LogP contribution is 2.26. The van der Waals surface area contributed by atoms with Crippen LogP contribution in [0.15, 0.2) is 54.2 Å². The summed E-state index contributed by atoms with van der Waals surface area (Å²) in [5.41, 5.74) is 2.27. The molecule has 0 aliphatic rings. The Kier molecular flexibility index (Phi) is 4.99. The molecule has 0 aliphatic carbocycles. The molecule has 7 heteroatoms. The van der Waals surface area contributed by atoms with Crippen LogP contribution in [0.5, 0.6) is 0 Å². The first-order valence-electron chi connectivity index (χ1n) is 7.62. The highest BCUT2D eigenvalue weighted by Gasteiger charge is 2.13. The zero-order valence-electron chi connectivity index (χ0n) is 13.4. The van der Waals surface area contributed by atoms with Gasteiger partial charge in [-0.15, -0.1) is 0 Å². The number of benzene rings is 1. The minimum atomic E-state index is -2.58. The van der Waals surface area contributed by atoms with Crippen LogP contribution in [0.2, 0.25) is 0 Å². The first-order chi connectivity index (χ1) is 11.6. The molecule has 1 aromatic carbocycles. The Balaban J connectivity index is 1.77. The molecule has 4 nitrogen and oxygen atoms in total. The highest BCUT2D eigenvalue weighted by molar-refractivity contribution is 7.98. The molecule has 0 N–H and O–H groups in total. The van der Waals surface area contributed by atoms with Gasteiger partial charge in [0.25, 0.3) is 0 Å². The predicted molar refractivity (Wildman–Crippen MR) is 90.7 cm³/mol. The lowest BCUT2D eigenvalue weighted by molar-refractivity contribution is 0.0678. The maximum atomic E-state index is 12.9. The van der Waals surface area contributed by atoms with Gasteiger partial charge < -0.3 is 0 Å². The second kappa shape index (κ2) is 7.17. The number of aromatic nitrogens is 4. The van der Waals surface area contributed by atoms with E-state index in [1.807, 2.05) is 22.9 Å². The number of thioether (sulfide) groups is 1. The van der Waals surface area contributed by atoms with Gasteiger partial charge in [0.1, 0.15) is 5.82 Å². The van der Waals surface area contributed by atoms with Crippen LogP contribution in [0, 0.1) is 0 Å². The molecule has 126 valence electrons. The van der Waals surface area contributed by atoms with Crippen molar-refractivity contribution in [1.29, 1.82) is 0 Å². The van der Waals surface area contributed by atoms with Gasteiger partial charge in [0.05, 0.1) is 5.75 Å². The summed E-state index contributed by atoms with van der Waals surface area (Å²) in [7, 11) is 0. The lowest BCUT2D eigenvalue weighted by atomic mass is 10.0. The molecule has 24 heavy (non-hydrogen) atoms. The fourth-order valence-corrected chi connectivity index (χ4v) is 3.30. The molecule has 3 rings (SSSR count). The van der Waals surface area contributed by atoms with E-state index in [2.05, 4.69) is 35.9 Å². The Labute approximate surface area is 143 Å². The molecule has 0 saturated heterocycles. The molecule has 0 unspecified atom stereocenters. The van der Waals surface area contributed by atoms with Crippen molar-refractivity contribution < 1.29 is 8.78 Å². The highest BCUT2D eigenvalue weighted by atomic mass is 32.2. The summed E-state index contributed by atoms with van der Waals surface area (Å²) < 4.78 is 28.6. The summed E-state index contributed by atoms with van der Waals surface area (Å²) in [6.07, 6.45) is 6.25. The van der Waals surface area contributed by atoms with E-state index in [1.54, 1.807) is 6.20 Å². The van der Waals surface area contributed by atoms with E-state index in [1.165, 1.54) is 29.7 Å². The predicted octanol–water partition coefficient (Wildman–Crippen LogP) is 4.88. The fourth-order valence-electron chi connectivity index (χ4n) is 2.38. The Hall–Kier alpha value is -2.15. The van der Waals surface area contributed by atoms with Gasteiger partial charge >= 0.3 is 6.55 Å². The minimum absolute atomic E-state index is 0.332. The van der Waals surface area contributed by atoms with Gasteiger partial charge in [-0.3, -0.25) is 9.13 Å². The van der Waals surface area contributed by atoms with Gasteiger partial charge in [0, 0.05) is 30.5 Å². The number of hydrogen-bond donors (Lipinski definition) is 0. The topological polar surface area (TPSA) is 35.6 Å². The van der Waals surface area contributed by atoms with E-state index < -0.39 is 6.55 Å². The summed E-state index contributed by atoms with van der Waals surface area (Å²) >= 11 is 1.38. The van der Waals surface area contributed by atoms with Gasteiger partial charge in [0.15, 0.2) is 5.16 Å². The summed E-state index contributed by atoms with van der Waals surface area (Å²) in [6, 6.07) is 8.28. The molecular formula is C17H18F2N4S. The zero-order valence-corrected chi connectivity index (χ0v) is 14.3. The maximum Gasteiger partial charge on any atom is 0.319 e. The molecule has 2 heterocycles. The van der Waals surface area contributed by atoms with Gasteiger partial charge in [0.2, 0.25) is 0 Å². The van der Waals surface area contributed by atoms with Crippen LogP contribution in [0.1, 0.15) is 37.7 Å². The molecule has 0 amide bonds. The van der Waals surface area contributed by atoms with Crippen LogP contribution in [-0.2, 0) is 5.75 Å². The van der Waals surface area contributed by atoms with E-state index >= 15 is 0 Å². The third-order valence-corrected chi connectivity index (χ3v) is 4.70. The molecule has 0 atom stereocenters. The largest absolute Gasteiger partial charge is 0.319 e. The Bertz CT molecular complexity index is 793. The fraction of sp³-hybridized carbons (Fsp3) is 0.294. The van der Waals surface area contributed by atoms with Crippen molar-refractivity contribution in [3.8, 4) is 5.69 Å². The van der Waals surface area contributed by atoms with Crippen LogP contribution < -0.4 is 0 Å². The smallest absolute Gasteiger partial charge is 0.295 e. The quantitative estimate of drug-likeness (QED) is 0.596. The van der Waals surface area contributed by atoms with Crippen LogP contribution in [0.4, 0.5) is 8.78 Å². The Morgan fingerprint density at radius 3 is 2.42 bits per heavy atom. The van der Waals surface area contributed by atoms with E-state index in [4.69, 9.17) is 0 Å². The van der Waals surface area contributed by atoms with Crippen LogP contribution in [-0.4, -0.2) is 19.1 Å². The van der Waals surface area contributed by atoms with E-state index in [0.717, 1.165) is 15.4 Å². The number of halogens is 2. The molecule has 0 radical (unpaired) electrons. The van der Waals surface area contributed by atoms with E-state index in [9.17, 15) is 8.78 Å². The summed E-state index contributed by atoms with van der Waals surface area (Å²) in [5, 5.41) is 0.746. The molecule has 0 aliphatic heterocycles. The monoisotopic (exact) mass is 348 g/mol. The third-order valence-electron chi connectivity index (χ3n) is 3.73. The maximum absolute atomic E-state index is 12.9. The van der Waals surface area contributed by atoms with Crippen LogP contribution in [0.25, 0.3) is 5.69 Å². The van der Waals surface area contributed by atoms with Gasteiger partial charge in [-0.25, -0.2) is 9.97 Å². The van der Waals surface area contributed by atoms with Crippen molar-refractivity contribution in [3.05, 3.63) is 60.4 Å². The molecule has 0 bridgehead atoms. The minimum Gasteiger partial charge on any atom is -0.295 e. The summed E-state index contributed by atoms with van der Waals surface area (Å²) in [6.45, 7) is 1.73. The lowest BCUT2D eigenvalue weighted by Crippen LogP contribution is -2.03. The second-order valence-corrected chi connectivity index (χ2v) is 6.59. The van der Waals surface area contributed by atoms with Crippen LogP contribution in [0.3, 0.4) is 0 Å². The number of alkyl halides is 2. The number of imidazole rings is 2. The van der Waals surface area contributed by atoms with Crippen LogP contribution >= 0.6 is 11.8 Å². The van der Waals surface area contributed by atoms with Crippen molar-refractivity contribution in [3.63, 3.8) is 0 Å². The molecular weight excluding hydrogens is 330 g/mol. The standard InChI is InChI=1S/C17H18F2N4S/c1-12(2)13-3-5-14(6-4-13)22-9-8-21-17(22)24-11-15-20-7-10-23(15)16(18)19/h3-10,12,16H,11H2,1-2H3. The summed E-state index contributed by atoms with van der Waals surface area (Å²) in [5.74, 6) is 1.14. The van der Waals surface area contributed by atoms with Crippen molar-refractivity contribution in [2.24, 2.45) is 0 Å². The number of rotatable bonds is 6. The Morgan fingerprint density at radius 1 is 1.04 bits per heavy atom. The first kappa shape index (κ1) is 16.7. The van der Waals surface area contributed by atoms with Gasteiger partial charge in [-0.05, 0) is 23.6 Å². The molecule has 0 spiro atoms. The number of hydrogen-bond acceptors (Lipinski definition) is 3. The van der Waals surface area contributed by atoms with Gasteiger partial charge in [-0.2, -0.15) is 8.78 Å². The van der Waals surface area contributed by atoms with E-state index in [0.29, 0.717) is 17.5 Å². The molecule has 3 aromatic rings. The SMILES string of the molecule is CC(C)c1ccc(-n2ccnc2SCc2nccn2C(F)F)cc1. The second-order valence-electron chi connectivity index (χ2n) is 5.64. The van der Waals surface area contributed by atoms with Crippen molar-refractivity contribution in [2.45, 2.75) is 37.2 Å². The average Bonchev–Trinajstić information content (AvgIpc) is 3.22. The van der Waals surface area contributed by atoms with E-state index in [-0.39, 0.29) is 0 Å². The molecule has 2 aromatic heterocycles. The normalized spacial score (nSPS) is 11.6. The first-order valence-corrected chi connectivity index (χ1v) is 8.61. The van der Waals surface area contributed by atoms with Gasteiger partial charge in [-0.1, -0.05) is 37.7 Å². The average molecular weight is 348 g/mol. The molecule has 0 fully saturated rings. The number of nitrogens with zero attached hydrogens (tertiary/aromatic N) is 4. The zero-order chi connectivity index (χ0) is 17.1. The van der Waals surface area contributed by atoms with Crippen molar-refractivity contribution >= 4 is 11.8 Å². The van der Waals surface area contributed by atoms with Crippen molar-refractivity contribution in [2.75, 3.05) is 0 Å². The Morgan fingerprint density at radius 2 is 1.75 bits per heavy atom. The lowest BCUT2D eigenvalue weighted by Gasteiger charge is -2.10. The van der Waals surface area contributed by atoms with Crippen molar-refractivity contribution in [1.82, 2.24) is 19.1 Å².